The van der Waals surface area contributed by atoms with Crippen LogP contribution in [0.3, 0.4) is 0 Å². The first-order chi connectivity index (χ1) is 9.71. The maximum absolute atomic E-state index is 12.3. The van der Waals surface area contributed by atoms with E-state index in [0.717, 1.165) is 5.69 Å². The van der Waals surface area contributed by atoms with Crippen molar-refractivity contribution in [3.05, 3.63) is 30.1 Å². The second kappa shape index (κ2) is 9.41. The summed E-state index contributed by atoms with van der Waals surface area (Å²) in [5, 5.41) is 0. The number of rotatable bonds is 9. The molecule has 2 N–H and O–H groups in total. The zero-order valence-electron chi connectivity index (χ0n) is 12.1. The molecule has 112 valence electrons. The largest absolute Gasteiger partial charge is 0.383 e. The Labute approximate surface area is 119 Å². The zero-order chi connectivity index (χ0) is 14.8. The van der Waals surface area contributed by atoms with Gasteiger partial charge in [0.2, 0.25) is 5.91 Å². The maximum Gasteiger partial charge on any atom is 0.225 e. The van der Waals surface area contributed by atoms with Crippen LogP contribution in [0.1, 0.15) is 12.1 Å². The summed E-state index contributed by atoms with van der Waals surface area (Å²) in [5.74, 6) is -0.00926. The molecule has 6 heteroatoms. The molecule has 1 amide bonds. The summed E-state index contributed by atoms with van der Waals surface area (Å²) < 4.78 is 10.2. The van der Waals surface area contributed by atoms with Crippen molar-refractivity contribution in [1.82, 2.24) is 9.88 Å². The molecule has 20 heavy (non-hydrogen) atoms. The van der Waals surface area contributed by atoms with Gasteiger partial charge >= 0.3 is 0 Å². The molecular formula is C14H23N3O3. The minimum absolute atomic E-state index is 0.00926. The van der Waals surface area contributed by atoms with Gasteiger partial charge in [0.25, 0.3) is 0 Å². The van der Waals surface area contributed by atoms with Crippen LogP contribution in [0, 0.1) is 0 Å². The van der Waals surface area contributed by atoms with Gasteiger partial charge in [-0.3, -0.25) is 9.78 Å². The highest BCUT2D eigenvalue weighted by molar-refractivity contribution is 5.76. The number of ether oxygens (including phenoxy) is 2. The lowest BCUT2D eigenvalue weighted by Crippen LogP contribution is -2.37. The molecule has 1 rings (SSSR count). The molecule has 1 unspecified atom stereocenters. The van der Waals surface area contributed by atoms with Crippen LogP contribution in [0.5, 0.6) is 0 Å². The molecule has 1 atom stereocenters. The lowest BCUT2D eigenvalue weighted by Gasteiger charge is -2.24. The third kappa shape index (κ3) is 5.64. The summed E-state index contributed by atoms with van der Waals surface area (Å²) >= 11 is 0. The highest BCUT2D eigenvalue weighted by atomic mass is 16.5. The Balaban J connectivity index is 2.65. The summed E-state index contributed by atoms with van der Waals surface area (Å²) in [6, 6.07) is 5.64. The fraction of sp³-hybridized carbons (Fsp3) is 0.571. The molecular weight excluding hydrogens is 258 g/mol. The molecule has 1 heterocycles. The van der Waals surface area contributed by atoms with Crippen molar-refractivity contribution in [2.45, 2.75) is 19.1 Å². The van der Waals surface area contributed by atoms with Gasteiger partial charge in [0.05, 0.1) is 31.4 Å². The van der Waals surface area contributed by atoms with E-state index in [1.54, 1.807) is 25.3 Å². The first-order valence-corrected chi connectivity index (χ1v) is 6.60. The molecule has 0 spiro atoms. The number of aromatic nitrogens is 1. The van der Waals surface area contributed by atoms with Crippen molar-refractivity contribution < 1.29 is 14.3 Å². The normalized spacial score (nSPS) is 12.2. The van der Waals surface area contributed by atoms with E-state index < -0.39 is 0 Å². The van der Waals surface area contributed by atoms with Gasteiger partial charge in [-0.2, -0.15) is 0 Å². The lowest BCUT2D eigenvalue weighted by molar-refractivity contribution is -0.135. The van der Waals surface area contributed by atoms with E-state index >= 15 is 0 Å². The van der Waals surface area contributed by atoms with Crippen LogP contribution < -0.4 is 5.73 Å². The Morgan fingerprint density at radius 3 is 2.80 bits per heavy atom. The quantitative estimate of drug-likeness (QED) is 0.710. The summed E-state index contributed by atoms with van der Waals surface area (Å²) in [4.78, 5) is 18.2. The number of hydrogen-bond donors (Lipinski definition) is 1. The van der Waals surface area contributed by atoms with Gasteiger partial charge in [-0.1, -0.05) is 6.07 Å². The Bertz CT molecular complexity index is 383. The molecule has 0 fully saturated rings. The van der Waals surface area contributed by atoms with Crippen LogP contribution in [-0.4, -0.2) is 55.8 Å². The molecule has 1 aromatic heterocycles. The minimum Gasteiger partial charge on any atom is -0.383 e. The number of methoxy groups -OCH3 is 2. The van der Waals surface area contributed by atoms with E-state index in [1.807, 2.05) is 18.2 Å². The van der Waals surface area contributed by atoms with Crippen molar-refractivity contribution in [3.8, 4) is 0 Å². The molecule has 0 aliphatic carbocycles. The summed E-state index contributed by atoms with van der Waals surface area (Å²) in [6.45, 7) is 1.79. The first kappa shape index (κ1) is 16.6. The van der Waals surface area contributed by atoms with Crippen LogP contribution in [0.15, 0.2) is 24.4 Å². The van der Waals surface area contributed by atoms with Crippen LogP contribution in [0.4, 0.5) is 0 Å². The highest BCUT2D eigenvalue weighted by Crippen LogP contribution is 2.06. The van der Waals surface area contributed by atoms with E-state index in [-0.39, 0.29) is 18.4 Å². The monoisotopic (exact) mass is 281 g/mol. The van der Waals surface area contributed by atoms with Crippen molar-refractivity contribution in [2.75, 3.05) is 33.9 Å². The number of pyridine rings is 1. The molecule has 0 radical (unpaired) electrons. The van der Waals surface area contributed by atoms with Gasteiger partial charge in [-0.15, -0.1) is 0 Å². The number of carbonyl (C=O) groups is 1. The zero-order valence-corrected chi connectivity index (χ0v) is 12.1. The number of nitrogens with two attached hydrogens (primary N) is 1. The van der Waals surface area contributed by atoms with Gasteiger partial charge < -0.3 is 20.1 Å². The average Bonchev–Trinajstić information content (AvgIpc) is 2.49. The predicted octanol–water partition coefficient (Wildman–Crippen LogP) is 0.420. The van der Waals surface area contributed by atoms with Gasteiger partial charge in [-0.05, 0) is 12.1 Å². The second-order valence-electron chi connectivity index (χ2n) is 4.43. The van der Waals surface area contributed by atoms with Crippen molar-refractivity contribution in [3.63, 3.8) is 0 Å². The van der Waals surface area contributed by atoms with Gasteiger partial charge in [0.1, 0.15) is 0 Å². The van der Waals surface area contributed by atoms with E-state index in [2.05, 4.69) is 4.98 Å². The number of hydrogen-bond acceptors (Lipinski definition) is 5. The Hall–Kier alpha value is -1.50. The van der Waals surface area contributed by atoms with Gasteiger partial charge in [-0.25, -0.2) is 0 Å². The van der Waals surface area contributed by atoms with E-state index in [4.69, 9.17) is 15.2 Å². The molecule has 0 aliphatic rings. The van der Waals surface area contributed by atoms with Crippen molar-refractivity contribution >= 4 is 5.91 Å². The lowest BCUT2D eigenvalue weighted by atomic mass is 10.2. The Morgan fingerprint density at radius 1 is 1.45 bits per heavy atom. The molecule has 0 saturated heterocycles. The highest BCUT2D eigenvalue weighted by Gasteiger charge is 2.18. The number of amides is 1. The van der Waals surface area contributed by atoms with Crippen molar-refractivity contribution in [2.24, 2.45) is 5.73 Å². The topological polar surface area (TPSA) is 77.7 Å². The maximum atomic E-state index is 12.3. The van der Waals surface area contributed by atoms with E-state index in [0.29, 0.717) is 26.2 Å². The summed E-state index contributed by atoms with van der Waals surface area (Å²) in [6.07, 6.45) is 1.73. The smallest absolute Gasteiger partial charge is 0.225 e. The Morgan fingerprint density at radius 2 is 2.25 bits per heavy atom. The fourth-order valence-electron chi connectivity index (χ4n) is 1.77. The van der Waals surface area contributed by atoms with Crippen LogP contribution in [0.25, 0.3) is 0 Å². The number of nitrogens with zero attached hydrogens (tertiary/aromatic N) is 2. The fourth-order valence-corrected chi connectivity index (χ4v) is 1.77. The van der Waals surface area contributed by atoms with Gasteiger partial charge in [0.15, 0.2) is 0 Å². The third-order valence-electron chi connectivity index (χ3n) is 3.00. The molecule has 0 aliphatic heterocycles. The standard InChI is InChI=1S/C14H23N3O3/c1-19-8-7-17(11-12-5-3-4-6-16-12)14(18)9-13(10-15)20-2/h3-6,13H,7-11,15H2,1-2H3. The van der Waals surface area contributed by atoms with Crippen LogP contribution >= 0.6 is 0 Å². The summed E-state index contributed by atoms with van der Waals surface area (Å²) in [5.41, 5.74) is 6.40. The second-order valence-corrected chi connectivity index (χ2v) is 4.43. The van der Waals surface area contributed by atoms with E-state index in [9.17, 15) is 4.79 Å². The first-order valence-electron chi connectivity index (χ1n) is 6.60. The van der Waals surface area contributed by atoms with Crippen molar-refractivity contribution in [1.29, 1.82) is 0 Å². The SMILES string of the molecule is COCCN(Cc1ccccn1)C(=O)CC(CN)OC. The van der Waals surface area contributed by atoms with Crippen LogP contribution in [0.2, 0.25) is 0 Å². The predicted molar refractivity (Wildman–Crippen MR) is 76.0 cm³/mol. The third-order valence-corrected chi connectivity index (χ3v) is 3.00. The molecule has 6 nitrogen and oxygen atoms in total. The molecule has 1 aromatic rings. The number of carbonyl (C=O) groups excluding carboxylic acids is 1. The van der Waals surface area contributed by atoms with E-state index in [1.165, 1.54) is 0 Å². The molecule has 0 bridgehead atoms. The average molecular weight is 281 g/mol. The van der Waals surface area contributed by atoms with Crippen LogP contribution in [-0.2, 0) is 20.8 Å². The minimum atomic E-state index is -0.253. The van der Waals surface area contributed by atoms with Gasteiger partial charge in [0, 0.05) is 33.5 Å². The Kier molecular flexibility index (Phi) is 7.79. The molecule has 0 aromatic carbocycles. The molecule has 0 saturated carbocycles. The summed E-state index contributed by atoms with van der Waals surface area (Å²) in [7, 11) is 3.17.